The lowest BCUT2D eigenvalue weighted by molar-refractivity contribution is -0.136. The van der Waals surface area contributed by atoms with E-state index in [1.54, 1.807) is 0 Å². The summed E-state index contributed by atoms with van der Waals surface area (Å²) in [6.07, 6.45) is -5.38. The fraction of sp³-hybridized carbons (Fsp3) is 0.667. The molecule has 0 unspecified atom stereocenters. The molecule has 21 heteroatoms. The van der Waals surface area contributed by atoms with Gasteiger partial charge in [0.2, 0.25) is 0 Å². The largest absolute Gasteiger partial charge is 0.389 e. The Kier molecular flexibility index (Phi) is 16.4. The van der Waals surface area contributed by atoms with Gasteiger partial charge in [0.15, 0.2) is 49.2 Å². The van der Waals surface area contributed by atoms with Gasteiger partial charge in [0, 0.05) is 49.2 Å². The first-order valence-corrected chi connectivity index (χ1v) is 27.5. The molecular weight excluding hydrogens is 867 g/mol. The summed E-state index contributed by atoms with van der Waals surface area (Å²) in [5.74, 6) is -1.51. The topological polar surface area (TPSA) is 171 Å². The molecule has 57 heavy (non-hydrogen) atoms. The highest BCUT2D eigenvalue weighted by Crippen LogP contribution is 2.52. The molecule has 0 heterocycles. The predicted octanol–water partition coefficient (Wildman–Crippen LogP) is 8.38. The van der Waals surface area contributed by atoms with Crippen LogP contribution in [-0.2, 0) is 55.6 Å². The van der Waals surface area contributed by atoms with Crippen LogP contribution in [-0.4, -0.2) is 84.7 Å². The number of benzene rings is 2. The molecule has 10 nitrogen and oxygen atoms in total. The van der Waals surface area contributed by atoms with E-state index >= 15 is 0 Å². The quantitative estimate of drug-likeness (QED) is 0.0665. The Morgan fingerprint density at radius 3 is 1.23 bits per heavy atom. The zero-order valence-electron chi connectivity index (χ0n) is 32.1. The van der Waals surface area contributed by atoms with E-state index in [4.69, 9.17) is 0 Å². The first kappa shape index (κ1) is 49.1. The second-order valence-electron chi connectivity index (χ2n) is 14.8. The molecule has 0 atom stereocenters. The van der Waals surface area contributed by atoms with E-state index in [2.05, 4.69) is 0 Å². The van der Waals surface area contributed by atoms with Gasteiger partial charge in [-0.3, -0.25) is 0 Å². The number of halogens is 6. The third-order valence-corrected chi connectivity index (χ3v) is 17.2. The second kappa shape index (κ2) is 19.0. The third kappa shape index (κ3) is 13.9. The van der Waals surface area contributed by atoms with Crippen molar-refractivity contribution >= 4 is 49.2 Å². The van der Waals surface area contributed by atoms with Crippen molar-refractivity contribution in [3.8, 4) is 11.1 Å². The number of unbranched alkanes of at least 4 members (excludes halogenated alkanes) is 12. The Bertz CT molecular complexity index is 2320. The lowest BCUT2D eigenvalue weighted by Gasteiger charge is -2.23. The van der Waals surface area contributed by atoms with Gasteiger partial charge in [-0.25, -0.2) is 42.1 Å². The van der Waals surface area contributed by atoms with Gasteiger partial charge >= 0.3 is 12.4 Å². The van der Waals surface area contributed by atoms with Gasteiger partial charge in [-0.15, -0.1) is 0 Å². The van der Waals surface area contributed by atoms with Crippen LogP contribution in [0.2, 0.25) is 0 Å². The van der Waals surface area contributed by atoms with E-state index in [0.717, 1.165) is 12.3 Å². The summed E-state index contributed by atoms with van der Waals surface area (Å²) in [7, 11) is -23.5. The number of hydrogen-bond acceptors (Lipinski definition) is 10. The van der Waals surface area contributed by atoms with Crippen molar-refractivity contribution in [2.75, 3.05) is 30.3 Å². The third-order valence-electron chi connectivity index (χ3n) is 9.66. The van der Waals surface area contributed by atoms with Crippen LogP contribution in [0.4, 0.5) is 26.3 Å². The van der Waals surface area contributed by atoms with Crippen molar-refractivity contribution in [2.45, 2.75) is 146 Å². The molecule has 0 aromatic heterocycles. The summed E-state index contributed by atoms with van der Waals surface area (Å²) in [5.41, 5.74) is -1.00. The maximum absolute atomic E-state index is 14.5. The fourth-order valence-electron chi connectivity index (χ4n) is 7.16. The molecule has 0 fully saturated rings. The van der Waals surface area contributed by atoms with Gasteiger partial charge in [0.25, 0.3) is 0 Å². The molecule has 3 rings (SSSR count). The van der Waals surface area contributed by atoms with E-state index in [1.165, 1.54) is 12.1 Å². The minimum atomic E-state index is -4.94. The molecule has 0 amide bonds. The average molecular weight is 917 g/mol. The van der Waals surface area contributed by atoms with E-state index in [1.807, 2.05) is 0 Å². The van der Waals surface area contributed by atoms with Crippen molar-refractivity contribution in [3.05, 3.63) is 29.3 Å². The molecular formula is C36H50F6O10S5. The van der Waals surface area contributed by atoms with Crippen LogP contribution in [0.25, 0.3) is 11.1 Å². The smallest absolute Gasteiger partial charge is 0.224 e. The van der Waals surface area contributed by atoms with Crippen LogP contribution >= 0.6 is 0 Å². The van der Waals surface area contributed by atoms with Gasteiger partial charge in [-0.1, -0.05) is 76.3 Å². The molecule has 2 aromatic rings. The van der Waals surface area contributed by atoms with Crippen LogP contribution in [0.15, 0.2) is 42.7 Å². The van der Waals surface area contributed by atoms with Crippen molar-refractivity contribution in [1.29, 1.82) is 0 Å². The molecule has 0 spiro atoms. The summed E-state index contributed by atoms with van der Waals surface area (Å²) in [4.78, 5) is -4.85. The second-order valence-corrected chi connectivity index (χ2v) is 24.8. The Hall–Kier alpha value is -2.23. The molecule has 2 aromatic carbocycles. The highest BCUT2D eigenvalue weighted by molar-refractivity contribution is 7.97. The van der Waals surface area contributed by atoms with Crippen molar-refractivity contribution in [3.63, 3.8) is 0 Å². The number of fused-ring (bicyclic) bond motifs is 3. The van der Waals surface area contributed by atoms with Crippen LogP contribution in [0.3, 0.4) is 0 Å². The number of alkyl halides is 6. The lowest BCUT2D eigenvalue weighted by atomic mass is 10.1. The maximum atomic E-state index is 14.5. The van der Waals surface area contributed by atoms with Crippen molar-refractivity contribution in [1.82, 2.24) is 0 Å². The molecule has 1 aliphatic rings. The zero-order chi connectivity index (χ0) is 43.3. The van der Waals surface area contributed by atoms with Gasteiger partial charge in [0.1, 0.15) is 9.79 Å². The Balaban J connectivity index is 2.12. The summed E-state index contributed by atoms with van der Waals surface area (Å²) < 4.78 is 213. The minimum Gasteiger partial charge on any atom is -0.224 e. The minimum absolute atomic E-state index is 0.0544. The monoisotopic (exact) mass is 916 g/mol. The summed E-state index contributed by atoms with van der Waals surface area (Å²) in [6.45, 7) is 0. The van der Waals surface area contributed by atoms with Crippen molar-refractivity contribution < 1.29 is 68.4 Å². The molecule has 0 N–H and O–H groups in total. The summed E-state index contributed by atoms with van der Waals surface area (Å²) >= 11 is 0. The lowest BCUT2D eigenvalue weighted by Crippen LogP contribution is -2.23. The molecule has 326 valence electrons. The van der Waals surface area contributed by atoms with E-state index in [-0.39, 0.29) is 55.2 Å². The normalized spacial score (nSPS) is 14.2. The standard InChI is InChI=1S/C36H50F6O10S5/c1-53(43,44)28-20-18-19-26-25-27-30(29(26)28)32(54(2,45)46)33(55(3,47)48)34(57(51,52)24-17-13-9-5-7-11-15-22-36(40,41)42)31(27)56(49,50)23-16-12-8-4-6-10-14-21-35(37,38)39/h18-20H,4-17,21-25H2,1-3H3. The van der Waals surface area contributed by atoms with Gasteiger partial charge in [0.05, 0.1) is 26.2 Å². The van der Waals surface area contributed by atoms with Gasteiger partial charge < -0.3 is 0 Å². The fourth-order valence-corrected chi connectivity index (χ4v) is 15.9. The molecule has 0 saturated carbocycles. The first-order valence-electron chi connectivity index (χ1n) is 18.5. The number of rotatable bonds is 23. The SMILES string of the molecule is CS(=O)(=O)c1cccc2c1-c1c(c(S(=O)(=O)CCCCCCCCCC(F)(F)F)c(S(=O)(=O)CCCCCCCCCC(F)(F)F)c(S(C)(=O)=O)c1S(C)(=O)=O)C2. The molecule has 0 bridgehead atoms. The molecule has 0 radical (unpaired) electrons. The predicted molar refractivity (Wildman–Crippen MR) is 204 cm³/mol. The maximum Gasteiger partial charge on any atom is 0.389 e. The van der Waals surface area contributed by atoms with E-state index < -0.39 is 122 Å². The van der Waals surface area contributed by atoms with Gasteiger partial charge in [-0.05, 0) is 42.9 Å². The Morgan fingerprint density at radius 1 is 0.456 bits per heavy atom. The Morgan fingerprint density at radius 2 is 0.842 bits per heavy atom. The van der Waals surface area contributed by atoms with Crippen LogP contribution in [0.1, 0.15) is 114 Å². The van der Waals surface area contributed by atoms with Crippen LogP contribution in [0.5, 0.6) is 0 Å². The number of sulfone groups is 5. The number of hydrogen-bond donors (Lipinski definition) is 0. The molecule has 1 aliphatic carbocycles. The molecule has 0 saturated heterocycles. The van der Waals surface area contributed by atoms with Crippen LogP contribution in [0, 0.1) is 0 Å². The van der Waals surface area contributed by atoms with Gasteiger partial charge in [-0.2, -0.15) is 26.3 Å². The molecule has 0 aliphatic heterocycles. The van der Waals surface area contributed by atoms with E-state index in [0.29, 0.717) is 63.9 Å². The summed E-state index contributed by atoms with van der Waals surface area (Å²) in [5, 5.41) is 0. The van der Waals surface area contributed by atoms with E-state index in [9.17, 15) is 68.4 Å². The van der Waals surface area contributed by atoms with Crippen LogP contribution < -0.4 is 0 Å². The Labute approximate surface area is 332 Å². The summed E-state index contributed by atoms with van der Waals surface area (Å²) in [6, 6.07) is 3.89. The zero-order valence-corrected chi connectivity index (χ0v) is 36.1. The highest BCUT2D eigenvalue weighted by Gasteiger charge is 2.45. The highest BCUT2D eigenvalue weighted by atomic mass is 32.2. The average Bonchev–Trinajstić information content (AvgIpc) is 3.42. The first-order chi connectivity index (χ1) is 26.0. The van der Waals surface area contributed by atoms with Crippen molar-refractivity contribution in [2.24, 2.45) is 0 Å².